The van der Waals surface area contributed by atoms with Crippen LogP contribution >= 0.6 is 11.3 Å². The number of nitrogens with zero attached hydrogens (tertiary/aromatic N) is 1. The van der Waals surface area contributed by atoms with Crippen LogP contribution in [0.2, 0.25) is 0 Å². The molecule has 0 aliphatic rings. The van der Waals surface area contributed by atoms with Gasteiger partial charge in [-0.3, -0.25) is 0 Å². The van der Waals surface area contributed by atoms with E-state index in [4.69, 9.17) is 8.83 Å². The van der Waals surface area contributed by atoms with Gasteiger partial charge in [-0.25, -0.2) is 0 Å². The summed E-state index contributed by atoms with van der Waals surface area (Å²) in [6.07, 6.45) is 0. The van der Waals surface area contributed by atoms with E-state index in [-0.39, 0.29) is 0 Å². The fraction of sp³-hybridized carbons (Fsp3) is 0. The number of benzene rings is 7. The van der Waals surface area contributed by atoms with E-state index >= 15 is 0 Å². The maximum absolute atomic E-state index is 6.39. The molecule has 216 valence electrons. The number of anilines is 3. The van der Waals surface area contributed by atoms with Gasteiger partial charge in [0.2, 0.25) is 0 Å². The Morgan fingerprint density at radius 1 is 0.413 bits per heavy atom. The summed E-state index contributed by atoms with van der Waals surface area (Å²) in [5.74, 6) is 0. The molecule has 0 fully saturated rings. The van der Waals surface area contributed by atoms with E-state index in [1.807, 2.05) is 35.6 Å². The molecule has 0 bridgehead atoms. The third kappa shape index (κ3) is 3.71. The van der Waals surface area contributed by atoms with Gasteiger partial charge in [-0.15, -0.1) is 11.3 Å². The first kappa shape index (κ1) is 25.5. The normalized spacial score (nSPS) is 11.9. The lowest BCUT2D eigenvalue weighted by atomic mass is 10.0. The molecule has 0 spiro atoms. The van der Waals surface area contributed by atoms with Gasteiger partial charge in [-0.05, 0) is 59.7 Å². The summed E-state index contributed by atoms with van der Waals surface area (Å²) in [6, 6.07) is 53.5. The van der Waals surface area contributed by atoms with Crippen LogP contribution < -0.4 is 4.90 Å². The van der Waals surface area contributed by atoms with Gasteiger partial charge in [0.25, 0.3) is 0 Å². The fourth-order valence-corrected chi connectivity index (χ4v) is 8.37. The van der Waals surface area contributed by atoms with Crippen LogP contribution in [0.1, 0.15) is 0 Å². The van der Waals surface area contributed by atoms with E-state index in [1.54, 1.807) is 0 Å². The Kier molecular flexibility index (Phi) is 5.45. The molecule has 0 saturated carbocycles. The molecule has 3 aromatic heterocycles. The average molecular weight is 608 g/mol. The molecule has 0 atom stereocenters. The number of hydrogen-bond acceptors (Lipinski definition) is 4. The van der Waals surface area contributed by atoms with E-state index in [1.165, 1.54) is 31.3 Å². The number of fused-ring (bicyclic) bond motifs is 9. The van der Waals surface area contributed by atoms with E-state index in [9.17, 15) is 0 Å². The number of rotatable bonds is 4. The highest BCUT2D eigenvalue weighted by Crippen LogP contribution is 2.49. The molecule has 0 amide bonds. The largest absolute Gasteiger partial charge is 0.456 e. The molecule has 0 aliphatic heterocycles. The first-order chi connectivity index (χ1) is 22.8. The first-order valence-electron chi connectivity index (χ1n) is 15.4. The maximum Gasteiger partial charge on any atom is 0.137 e. The first-order valence-corrected chi connectivity index (χ1v) is 16.2. The van der Waals surface area contributed by atoms with Crippen LogP contribution in [-0.2, 0) is 0 Å². The maximum atomic E-state index is 6.39. The standard InChI is InChI=1S/C42H25NO2S/c1-2-11-26(12-3-1)28-15-8-16-30-31-17-9-19-35(42(31)46-41(28)30)43(27-23-24-38-33(25-27)29-13-4-6-20-36(29)44-38)34-18-10-22-39-40(34)32-14-5-7-21-37(32)45-39/h1-25H. The Hall–Kier alpha value is -5.84. The van der Waals surface area contributed by atoms with Crippen molar-refractivity contribution in [3.63, 3.8) is 0 Å². The molecule has 10 aromatic rings. The van der Waals surface area contributed by atoms with Crippen LogP contribution in [-0.4, -0.2) is 0 Å². The molecule has 7 aromatic carbocycles. The van der Waals surface area contributed by atoms with Gasteiger partial charge in [0.1, 0.15) is 22.3 Å². The van der Waals surface area contributed by atoms with Crippen LogP contribution in [0.25, 0.3) is 75.2 Å². The van der Waals surface area contributed by atoms with Crippen LogP contribution in [0.4, 0.5) is 17.1 Å². The van der Waals surface area contributed by atoms with Crippen molar-refractivity contribution in [1.82, 2.24) is 0 Å². The van der Waals surface area contributed by atoms with Crippen molar-refractivity contribution in [3.8, 4) is 11.1 Å². The third-order valence-corrected chi connectivity index (χ3v) is 10.3. The molecular weight excluding hydrogens is 583 g/mol. The number of furan rings is 2. The lowest BCUT2D eigenvalue weighted by molar-refractivity contribution is 0.668. The van der Waals surface area contributed by atoms with Crippen molar-refractivity contribution in [2.45, 2.75) is 0 Å². The second kappa shape index (κ2) is 9.83. The highest BCUT2D eigenvalue weighted by Gasteiger charge is 2.23. The van der Waals surface area contributed by atoms with E-state index in [0.717, 1.165) is 60.9 Å². The van der Waals surface area contributed by atoms with Crippen molar-refractivity contribution < 1.29 is 8.83 Å². The number of hydrogen-bond donors (Lipinski definition) is 0. The average Bonchev–Trinajstić information content (AvgIpc) is 3.80. The minimum atomic E-state index is 0.869. The number of para-hydroxylation sites is 2. The van der Waals surface area contributed by atoms with Crippen molar-refractivity contribution >= 4 is 92.4 Å². The molecule has 0 radical (unpaired) electrons. The van der Waals surface area contributed by atoms with Crippen molar-refractivity contribution in [3.05, 3.63) is 152 Å². The molecular formula is C42H25NO2S. The van der Waals surface area contributed by atoms with Crippen molar-refractivity contribution in [1.29, 1.82) is 0 Å². The van der Waals surface area contributed by atoms with Gasteiger partial charge >= 0.3 is 0 Å². The molecule has 3 heterocycles. The predicted octanol–water partition coefficient (Wildman–Crippen LogP) is 13.0. The molecule has 0 unspecified atom stereocenters. The van der Waals surface area contributed by atoms with Crippen LogP contribution in [0.15, 0.2) is 160 Å². The lowest BCUT2D eigenvalue weighted by Gasteiger charge is -2.27. The summed E-state index contributed by atoms with van der Waals surface area (Å²) >= 11 is 1.86. The second-order valence-electron chi connectivity index (χ2n) is 11.7. The fourth-order valence-electron chi connectivity index (χ4n) is 7.03. The molecule has 46 heavy (non-hydrogen) atoms. The van der Waals surface area contributed by atoms with Gasteiger partial charge in [0, 0.05) is 37.3 Å². The monoisotopic (exact) mass is 607 g/mol. The number of thiophene rings is 1. The van der Waals surface area contributed by atoms with Crippen LogP contribution in [0.5, 0.6) is 0 Å². The van der Waals surface area contributed by atoms with Crippen molar-refractivity contribution in [2.24, 2.45) is 0 Å². The van der Waals surface area contributed by atoms with Gasteiger partial charge in [-0.1, -0.05) is 103 Å². The summed E-state index contributed by atoms with van der Waals surface area (Å²) in [4.78, 5) is 2.41. The molecule has 0 aliphatic carbocycles. The van der Waals surface area contributed by atoms with Gasteiger partial charge < -0.3 is 13.7 Å². The Balaban J connectivity index is 1.31. The molecule has 10 rings (SSSR count). The zero-order valence-corrected chi connectivity index (χ0v) is 25.4. The summed E-state index contributed by atoms with van der Waals surface area (Å²) < 4.78 is 15.2. The summed E-state index contributed by atoms with van der Waals surface area (Å²) in [5, 5.41) is 6.92. The Morgan fingerprint density at radius 3 is 1.89 bits per heavy atom. The lowest BCUT2D eigenvalue weighted by Crippen LogP contribution is -2.10. The molecule has 4 heteroatoms. The Labute approximate surface area is 268 Å². The van der Waals surface area contributed by atoms with E-state index in [0.29, 0.717) is 0 Å². The smallest absolute Gasteiger partial charge is 0.137 e. The van der Waals surface area contributed by atoms with Crippen molar-refractivity contribution in [2.75, 3.05) is 4.90 Å². The zero-order valence-electron chi connectivity index (χ0n) is 24.6. The molecule has 0 N–H and O–H groups in total. The second-order valence-corrected chi connectivity index (χ2v) is 12.7. The third-order valence-electron chi connectivity index (χ3n) is 9.07. The minimum absolute atomic E-state index is 0.869. The quantitative estimate of drug-likeness (QED) is 0.199. The van der Waals surface area contributed by atoms with E-state index < -0.39 is 0 Å². The highest BCUT2D eigenvalue weighted by atomic mass is 32.1. The Bertz CT molecular complexity index is 2770. The predicted molar refractivity (Wildman–Crippen MR) is 194 cm³/mol. The van der Waals surface area contributed by atoms with E-state index in [2.05, 4.69) is 132 Å². The SMILES string of the molecule is c1ccc(-c2cccc3c2sc2c(N(c4ccc5oc6ccccc6c5c4)c4cccc5oc6ccccc6c45)cccc23)cc1. The zero-order chi connectivity index (χ0) is 30.2. The molecule has 0 saturated heterocycles. The minimum Gasteiger partial charge on any atom is -0.456 e. The summed E-state index contributed by atoms with van der Waals surface area (Å²) in [5.41, 5.74) is 9.27. The Morgan fingerprint density at radius 2 is 1.02 bits per heavy atom. The summed E-state index contributed by atoms with van der Waals surface area (Å²) in [7, 11) is 0. The summed E-state index contributed by atoms with van der Waals surface area (Å²) in [6.45, 7) is 0. The van der Waals surface area contributed by atoms with Gasteiger partial charge in [-0.2, -0.15) is 0 Å². The van der Waals surface area contributed by atoms with Crippen LogP contribution in [0.3, 0.4) is 0 Å². The highest BCUT2D eigenvalue weighted by molar-refractivity contribution is 7.27. The molecule has 3 nitrogen and oxygen atoms in total. The van der Waals surface area contributed by atoms with Crippen LogP contribution in [0, 0.1) is 0 Å². The van der Waals surface area contributed by atoms with Gasteiger partial charge in [0.05, 0.1) is 21.5 Å². The topological polar surface area (TPSA) is 29.5 Å². The van der Waals surface area contributed by atoms with Gasteiger partial charge in [0.15, 0.2) is 0 Å².